The number of aryl methyl sites for hydroxylation is 2. The number of rotatable bonds is 8. The van der Waals surface area contributed by atoms with Gasteiger partial charge >= 0.3 is 5.97 Å². The summed E-state index contributed by atoms with van der Waals surface area (Å²) in [5, 5.41) is 2.77. The third-order valence-electron chi connectivity index (χ3n) is 5.88. The van der Waals surface area contributed by atoms with Crippen molar-refractivity contribution in [1.29, 1.82) is 0 Å². The highest BCUT2D eigenvalue weighted by molar-refractivity contribution is 6.00. The van der Waals surface area contributed by atoms with Crippen molar-refractivity contribution in [1.82, 2.24) is 0 Å². The van der Waals surface area contributed by atoms with Crippen LogP contribution in [0.25, 0.3) is 0 Å². The van der Waals surface area contributed by atoms with Crippen molar-refractivity contribution in [3.8, 4) is 11.5 Å². The van der Waals surface area contributed by atoms with Gasteiger partial charge in [0, 0.05) is 24.3 Å². The molecule has 35 heavy (non-hydrogen) atoms. The van der Waals surface area contributed by atoms with E-state index in [1.807, 2.05) is 62.4 Å². The summed E-state index contributed by atoms with van der Waals surface area (Å²) in [6.07, 6.45) is 0.816. The zero-order valence-electron chi connectivity index (χ0n) is 19.8. The Kier molecular flexibility index (Phi) is 7.45. The van der Waals surface area contributed by atoms with E-state index in [1.165, 1.54) is 0 Å². The molecule has 0 aliphatic carbocycles. The highest BCUT2D eigenvalue weighted by Crippen LogP contribution is 2.29. The van der Waals surface area contributed by atoms with Gasteiger partial charge in [-0.25, -0.2) is 0 Å². The third-order valence-corrected chi connectivity index (χ3v) is 5.88. The second kappa shape index (κ2) is 10.9. The van der Waals surface area contributed by atoms with Crippen LogP contribution in [0.15, 0.2) is 72.8 Å². The molecule has 0 bridgehead atoms. The van der Waals surface area contributed by atoms with E-state index in [1.54, 1.807) is 29.2 Å². The van der Waals surface area contributed by atoms with E-state index in [2.05, 4.69) is 5.32 Å². The number of nitrogens with one attached hydrogen (secondary N) is 1. The van der Waals surface area contributed by atoms with Crippen LogP contribution in [0.1, 0.15) is 24.5 Å². The van der Waals surface area contributed by atoms with Crippen LogP contribution in [-0.4, -0.2) is 30.9 Å². The van der Waals surface area contributed by atoms with Gasteiger partial charge in [0.15, 0.2) is 6.61 Å². The van der Waals surface area contributed by atoms with Crippen molar-refractivity contribution in [2.45, 2.75) is 26.7 Å². The first-order valence-electron chi connectivity index (χ1n) is 11.6. The molecule has 1 heterocycles. The lowest BCUT2D eigenvalue weighted by Crippen LogP contribution is -2.28. The predicted octanol–water partition coefficient (Wildman–Crippen LogP) is 4.88. The molecule has 1 aliphatic rings. The molecular weight excluding hydrogens is 444 g/mol. The van der Waals surface area contributed by atoms with Gasteiger partial charge in [0.05, 0.1) is 5.92 Å². The van der Waals surface area contributed by atoms with Crippen LogP contribution in [0.4, 0.5) is 11.4 Å². The minimum Gasteiger partial charge on any atom is -0.457 e. The normalized spacial score (nSPS) is 15.1. The van der Waals surface area contributed by atoms with Crippen LogP contribution >= 0.6 is 0 Å². The second-order valence-electron chi connectivity index (χ2n) is 8.48. The number of anilines is 2. The molecule has 1 fully saturated rings. The first-order valence-corrected chi connectivity index (χ1v) is 11.6. The molecule has 0 saturated carbocycles. The summed E-state index contributed by atoms with van der Waals surface area (Å²) in [7, 11) is 0. The van der Waals surface area contributed by atoms with Gasteiger partial charge in [-0.1, -0.05) is 42.8 Å². The van der Waals surface area contributed by atoms with Crippen molar-refractivity contribution in [2.24, 2.45) is 5.92 Å². The summed E-state index contributed by atoms with van der Waals surface area (Å²) in [5.74, 6) is -0.382. The molecule has 0 radical (unpaired) electrons. The number of benzene rings is 3. The molecule has 1 N–H and O–H groups in total. The average Bonchev–Trinajstić information content (AvgIpc) is 3.26. The maximum absolute atomic E-state index is 12.6. The summed E-state index contributed by atoms with van der Waals surface area (Å²) in [4.78, 5) is 38.9. The fourth-order valence-corrected chi connectivity index (χ4v) is 3.94. The molecular formula is C28H28N2O5. The van der Waals surface area contributed by atoms with Gasteiger partial charge in [-0.15, -0.1) is 0 Å². The van der Waals surface area contributed by atoms with Crippen molar-refractivity contribution in [3.05, 3.63) is 83.9 Å². The van der Waals surface area contributed by atoms with E-state index in [4.69, 9.17) is 9.47 Å². The molecule has 180 valence electrons. The molecule has 3 aromatic carbocycles. The lowest BCUT2D eigenvalue weighted by molar-refractivity contribution is -0.151. The molecule has 4 rings (SSSR count). The number of carbonyl (C=O) groups excluding carboxylic acids is 3. The highest BCUT2D eigenvalue weighted by Gasteiger charge is 2.36. The molecule has 7 nitrogen and oxygen atoms in total. The Hall–Kier alpha value is -4.13. The summed E-state index contributed by atoms with van der Waals surface area (Å²) in [6.45, 7) is 3.82. The van der Waals surface area contributed by atoms with Crippen LogP contribution in [0, 0.1) is 12.8 Å². The number of para-hydroxylation sites is 1. The van der Waals surface area contributed by atoms with Gasteiger partial charge in [0.25, 0.3) is 5.91 Å². The van der Waals surface area contributed by atoms with Crippen molar-refractivity contribution >= 4 is 29.2 Å². The maximum Gasteiger partial charge on any atom is 0.311 e. The van der Waals surface area contributed by atoms with Gasteiger partial charge in [-0.2, -0.15) is 0 Å². The number of carbonyl (C=O) groups is 3. The Morgan fingerprint density at radius 2 is 1.63 bits per heavy atom. The number of esters is 1. The Bertz CT molecular complexity index is 1200. The second-order valence-corrected chi connectivity index (χ2v) is 8.48. The quantitative estimate of drug-likeness (QED) is 0.472. The fraction of sp³-hybridized carbons (Fsp3) is 0.250. The summed E-state index contributed by atoms with van der Waals surface area (Å²) in [6, 6.07) is 22.4. The standard InChI is InChI=1S/C28H28N2O5/c1-3-20-6-4-5-7-25(20)29-26(31)18-34-28(33)21-16-27(32)30(17-21)22-10-14-24(15-11-22)35-23-12-8-19(2)9-13-23/h4-15,21H,3,16-18H2,1-2H3,(H,29,31)/t21-/m0/s1. The molecule has 0 unspecified atom stereocenters. The molecule has 1 saturated heterocycles. The fourth-order valence-electron chi connectivity index (χ4n) is 3.94. The minimum atomic E-state index is -0.623. The number of ether oxygens (including phenoxy) is 2. The largest absolute Gasteiger partial charge is 0.457 e. The van der Waals surface area contributed by atoms with E-state index in [-0.39, 0.29) is 18.9 Å². The van der Waals surface area contributed by atoms with Gasteiger partial charge < -0.3 is 19.7 Å². The average molecular weight is 473 g/mol. The SMILES string of the molecule is CCc1ccccc1NC(=O)COC(=O)[C@H]1CC(=O)N(c2ccc(Oc3ccc(C)cc3)cc2)C1. The van der Waals surface area contributed by atoms with Crippen molar-refractivity contribution < 1.29 is 23.9 Å². The maximum atomic E-state index is 12.6. The smallest absolute Gasteiger partial charge is 0.311 e. The minimum absolute atomic E-state index is 0.0424. The zero-order chi connectivity index (χ0) is 24.8. The Balaban J connectivity index is 1.29. The van der Waals surface area contributed by atoms with Crippen molar-refractivity contribution in [2.75, 3.05) is 23.4 Å². The highest BCUT2D eigenvalue weighted by atomic mass is 16.5. The van der Waals surface area contributed by atoms with E-state index in [0.29, 0.717) is 17.1 Å². The van der Waals surface area contributed by atoms with Crippen LogP contribution < -0.4 is 15.0 Å². The van der Waals surface area contributed by atoms with Gasteiger partial charge in [0.2, 0.25) is 5.91 Å². The summed E-state index contributed by atoms with van der Waals surface area (Å²) < 4.78 is 11.0. The number of nitrogens with zero attached hydrogens (tertiary/aromatic N) is 1. The van der Waals surface area contributed by atoms with E-state index in [0.717, 1.165) is 23.3 Å². The van der Waals surface area contributed by atoms with E-state index < -0.39 is 24.4 Å². The van der Waals surface area contributed by atoms with E-state index >= 15 is 0 Å². The Morgan fingerprint density at radius 3 is 2.31 bits per heavy atom. The summed E-state index contributed by atoms with van der Waals surface area (Å²) in [5.41, 5.74) is 3.53. The number of hydrogen-bond donors (Lipinski definition) is 1. The van der Waals surface area contributed by atoms with Gasteiger partial charge in [0.1, 0.15) is 11.5 Å². The number of hydrogen-bond acceptors (Lipinski definition) is 5. The first kappa shape index (κ1) is 24.0. The molecule has 1 atom stereocenters. The third kappa shape index (κ3) is 6.06. The molecule has 1 aliphatic heterocycles. The van der Waals surface area contributed by atoms with E-state index in [9.17, 15) is 14.4 Å². The predicted molar refractivity (Wildman–Crippen MR) is 134 cm³/mol. The Morgan fingerprint density at radius 1 is 0.971 bits per heavy atom. The molecule has 3 aromatic rings. The van der Waals surface area contributed by atoms with Crippen LogP contribution in [0.5, 0.6) is 11.5 Å². The lowest BCUT2D eigenvalue weighted by atomic mass is 10.1. The molecule has 0 aromatic heterocycles. The molecule has 0 spiro atoms. The zero-order valence-corrected chi connectivity index (χ0v) is 19.8. The van der Waals surface area contributed by atoms with Crippen molar-refractivity contribution in [3.63, 3.8) is 0 Å². The van der Waals surface area contributed by atoms with Gasteiger partial charge in [-0.05, 0) is 61.4 Å². The van der Waals surface area contributed by atoms with Crippen LogP contribution in [-0.2, 0) is 25.5 Å². The Labute approximate surface area is 204 Å². The number of amides is 2. The molecule has 7 heteroatoms. The van der Waals surface area contributed by atoms with Gasteiger partial charge in [-0.3, -0.25) is 14.4 Å². The van der Waals surface area contributed by atoms with Crippen LogP contribution in [0.3, 0.4) is 0 Å². The van der Waals surface area contributed by atoms with Crippen LogP contribution in [0.2, 0.25) is 0 Å². The topological polar surface area (TPSA) is 84.9 Å². The first-order chi connectivity index (χ1) is 16.9. The monoisotopic (exact) mass is 472 g/mol. The molecule has 2 amide bonds. The lowest BCUT2D eigenvalue weighted by Gasteiger charge is -2.17. The summed E-state index contributed by atoms with van der Waals surface area (Å²) >= 11 is 0.